The maximum absolute atomic E-state index is 8.90. The number of anilines is 1. The maximum Gasteiger partial charge on any atom is 0.388 e. The standard InChI is InChI=1S/C11H16N3O.3ClH.Zn/c1-3-14(6-7-15)10-4-5-11(13-12)9(2)8-10;;;;/h4-5,8,15H,3,6-7H2,1-2H3;3*1H;/q+1;;;;/p-3. The summed E-state index contributed by atoms with van der Waals surface area (Å²) in [6.45, 7) is 5.53. The summed E-state index contributed by atoms with van der Waals surface area (Å²) in [4.78, 5) is 5.24. The SMILES string of the molecule is CCN(CCO)c1ccc([N+]#N)c(C)c1.[Cl-].[Cl-].[Cl-].[Zn]. The molecule has 0 amide bonds. The fraction of sp³-hybridized carbons (Fsp3) is 0.455. The van der Waals surface area contributed by atoms with Crippen molar-refractivity contribution >= 4 is 11.4 Å². The van der Waals surface area contributed by atoms with Crippen molar-refractivity contribution in [2.75, 3.05) is 24.6 Å². The third-order valence-corrected chi connectivity index (χ3v) is 2.40. The molecule has 0 heterocycles. The van der Waals surface area contributed by atoms with E-state index in [-0.39, 0.29) is 63.3 Å². The average Bonchev–Trinajstić information content (AvgIpc) is 2.25. The number of halogens is 3. The molecule has 0 bridgehead atoms. The van der Waals surface area contributed by atoms with Crippen LogP contribution in [0.5, 0.6) is 0 Å². The van der Waals surface area contributed by atoms with Crippen LogP contribution in [-0.4, -0.2) is 24.8 Å². The molecule has 106 valence electrons. The first kappa shape index (κ1) is 27.3. The van der Waals surface area contributed by atoms with E-state index in [0.29, 0.717) is 12.2 Å². The molecule has 1 rings (SSSR count). The van der Waals surface area contributed by atoms with Crippen molar-refractivity contribution in [3.63, 3.8) is 0 Å². The molecule has 0 unspecified atom stereocenters. The molecule has 0 fully saturated rings. The van der Waals surface area contributed by atoms with Gasteiger partial charge in [0.15, 0.2) is 4.98 Å². The minimum absolute atomic E-state index is 0. The van der Waals surface area contributed by atoms with Crippen LogP contribution < -0.4 is 42.1 Å². The minimum Gasteiger partial charge on any atom is -1.00 e. The summed E-state index contributed by atoms with van der Waals surface area (Å²) in [7, 11) is 0. The Kier molecular flexibility index (Phi) is 20.5. The van der Waals surface area contributed by atoms with Crippen molar-refractivity contribution in [1.29, 1.82) is 5.39 Å². The summed E-state index contributed by atoms with van der Waals surface area (Å²) < 4.78 is 0. The van der Waals surface area contributed by atoms with Crippen molar-refractivity contribution < 1.29 is 61.8 Å². The Hall–Kier alpha value is -0.107. The Bertz CT molecular complexity index is 388. The van der Waals surface area contributed by atoms with Crippen molar-refractivity contribution in [2.45, 2.75) is 13.8 Å². The number of aliphatic hydroxyl groups is 1. The van der Waals surface area contributed by atoms with Gasteiger partial charge >= 0.3 is 5.69 Å². The van der Waals surface area contributed by atoms with Gasteiger partial charge < -0.3 is 47.2 Å². The molecule has 0 aromatic heterocycles. The zero-order valence-electron chi connectivity index (χ0n) is 11.0. The first-order valence-electron chi connectivity index (χ1n) is 5.04. The van der Waals surface area contributed by atoms with Crippen LogP contribution in [0.3, 0.4) is 0 Å². The molecular weight excluding hydrogens is 362 g/mol. The second-order valence-corrected chi connectivity index (χ2v) is 3.37. The van der Waals surface area contributed by atoms with E-state index in [2.05, 4.69) is 9.88 Å². The molecule has 1 aromatic carbocycles. The summed E-state index contributed by atoms with van der Waals surface area (Å²) in [5, 5.41) is 17.6. The third-order valence-electron chi connectivity index (χ3n) is 2.40. The molecule has 0 atom stereocenters. The number of rotatable bonds is 4. The molecule has 8 heteroatoms. The van der Waals surface area contributed by atoms with Crippen LogP contribution in [-0.2, 0) is 19.5 Å². The van der Waals surface area contributed by atoms with E-state index >= 15 is 0 Å². The molecule has 0 aliphatic carbocycles. The predicted octanol–water partition coefficient (Wildman–Crippen LogP) is -6.69. The van der Waals surface area contributed by atoms with Gasteiger partial charge in [-0.05, 0) is 26.0 Å². The fourth-order valence-electron chi connectivity index (χ4n) is 1.54. The molecule has 0 aliphatic heterocycles. The van der Waals surface area contributed by atoms with E-state index in [1.165, 1.54) is 0 Å². The van der Waals surface area contributed by atoms with Crippen LogP contribution in [0.2, 0.25) is 0 Å². The Morgan fingerprint density at radius 1 is 1.26 bits per heavy atom. The second-order valence-electron chi connectivity index (χ2n) is 3.37. The molecule has 0 radical (unpaired) electrons. The predicted molar refractivity (Wildman–Crippen MR) is 60.9 cm³/mol. The van der Waals surface area contributed by atoms with Gasteiger partial charge in [-0.3, -0.25) is 0 Å². The smallest absolute Gasteiger partial charge is 0.388 e. The van der Waals surface area contributed by atoms with E-state index in [1.807, 2.05) is 26.0 Å². The van der Waals surface area contributed by atoms with E-state index in [9.17, 15) is 0 Å². The van der Waals surface area contributed by atoms with Gasteiger partial charge in [-0.1, -0.05) is 0 Å². The molecule has 1 aromatic rings. The Balaban J connectivity index is -0.000000281. The van der Waals surface area contributed by atoms with Gasteiger partial charge in [0, 0.05) is 49.9 Å². The topological polar surface area (TPSA) is 51.6 Å². The first-order valence-corrected chi connectivity index (χ1v) is 5.04. The van der Waals surface area contributed by atoms with E-state index < -0.39 is 0 Å². The summed E-state index contributed by atoms with van der Waals surface area (Å²) >= 11 is 0. The molecule has 0 saturated carbocycles. The van der Waals surface area contributed by atoms with Crippen molar-refractivity contribution in [3.8, 4) is 0 Å². The molecule has 0 aliphatic rings. The van der Waals surface area contributed by atoms with Crippen molar-refractivity contribution in [2.24, 2.45) is 0 Å². The zero-order chi connectivity index (χ0) is 11.3. The largest absolute Gasteiger partial charge is 1.00 e. The number of aliphatic hydroxyl groups excluding tert-OH is 1. The van der Waals surface area contributed by atoms with Gasteiger partial charge in [0.1, 0.15) is 0 Å². The number of benzene rings is 1. The summed E-state index contributed by atoms with van der Waals surface area (Å²) in [5.74, 6) is 0. The summed E-state index contributed by atoms with van der Waals surface area (Å²) in [5.41, 5.74) is 2.54. The zero-order valence-corrected chi connectivity index (χ0v) is 16.2. The summed E-state index contributed by atoms with van der Waals surface area (Å²) in [6, 6.07) is 5.61. The van der Waals surface area contributed by atoms with Gasteiger partial charge in [0.05, 0.1) is 6.61 Å². The van der Waals surface area contributed by atoms with E-state index in [0.717, 1.165) is 17.8 Å². The molecule has 4 nitrogen and oxygen atoms in total. The monoisotopic (exact) mass is 375 g/mol. The van der Waals surface area contributed by atoms with E-state index in [4.69, 9.17) is 10.5 Å². The number of hydrogen-bond donors (Lipinski definition) is 1. The molecule has 0 saturated heterocycles. The van der Waals surface area contributed by atoms with Gasteiger partial charge in [-0.2, -0.15) is 0 Å². The number of nitrogens with zero attached hydrogens (tertiary/aromatic N) is 3. The van der Waals surface area contributed by atoms with Gasteiger partial charge in [0.2, 0.25) is 5.39 Å². The van der Waals surface area contributed by atoms with Crippen LogP contribution in [0.4, 0.5) is 11.4 Å². The first-order chi connectivity index (χ1) is 7.22. The van der Waals surface area contributed by atoms with Crippen LogP contribution in [0.15, 0.2) is 18.2 Å². The van der Waals surface area contributed by atoms with Gasteiger partial charge in [0.25, 0.3) is 0 Å². The Labute approximate surface area is 145 Å². The maximum atomic E-state index is 8.90. The van der Waals surface area contributed by atoms with Crippen molar-refractivity contribution in [1.82, 2.24) is 0 Å². The minimum atomic E-state index is 0. The number of likely N-dealkylation sites (N-methyl/N-ethyl adjacent to an activating group) is 1. The number of aryl methyl sites for hydroxylation is 1. The van der Waals surface area contributed by atoms with Gasteiger partial charge in [-0.25, -0.2) is 0 Å². The molecule has 0 spiro atoms. The molecule has 19 heavy (non-hydrogen) atoms. The van der Waals surface area contributed by atoms with Gasteiger partial charge in [-0.15, -0.1) is 0 Å². The quantitative estimate of drug-likeness (QED) is 0.419. The van der Waals surface area contributed by atoms with Crippen LogP contribution in [0.1, 0.15) is 12.5 Å². The third kappa shape index (κ3) is 7.92. The van der Waals surface area contributed by atoms with Crippen LogP contribution >= 0.6 is 0 Å². The average molecular weight is 378 g/mol. The van der Waals surface area contributed by atoms with Crippen LogP contribution in [0, 0.1) is 12.3 Å². The Morgan fingerprint density at radius 2 is 1.84 bits per heavy atom. The van der Waals surface area contributed by atoms with Crippen molar-refractivity contribution in [3.05, 3.63) is 28.7 Å². The second kappa shape index (κ2) is 14.3. The molecule has 1 N–H and O–H groups in total. The van der Waals surface area contributed by atoms with Crippen LogP contribution in [0.25, 0.3) is 4.98 Å². The number of diazo groups is 1. The Morgan fingerprint density at radius 3 is 2.21 bits per heavy atom. The molecular formula is C11H16Cl3N3OZn-2. The fourth-order valence-corrected chi connectivity index (χ4v) is 1.54. The normalized spacial score (nSPS) is 7.68. The van der Waals surface area contributed by atoms with E-state index in [1.54, 1.807) is 6.07 Å². The summed E-state index contributed by atoms with van der Waals surface area (Å²) in [6.07, 6.45) is 0. The number of hydrogen-bond acceptors (Lipinski definition) is 3.